The molecule has 13 rings (SSSR count). The Morgan fingerprint density at radius 3 is 2.35 bits per heavy atom. The number of fused-ring (bicyclic) bond motifs is 2. The molecule has 8 N–H and O–H groups in total. The van der Waals surface area contributed by atoms with Crippen molar-refractivity contribution < 1.29 is 52.6 Å². The van der Waals surface area contributed by atoms with Gasteiger partial charge in [-0.25, -0.2) is 19.6 Å². The van der Waals surface area contributed by atoms with Gasteiger partial charge < -0.3 is 56.3 Å². The lowest BCUT2D eigenvalue weighted by molar-refractivity contribution is -0.930. The number of carboxylic acids is 1. The number of carboxylic acid groups (broad SMARTS) is 1. The van der Waals surface area contributed by atoms with Crippen LogP contribution >= 0.6 is 11.3 Å². The fourth-order valence-corrected chi connectivity index (χ4v) is 16.8. The fraction of sp³-hybridized carbons (Fsp3) is 0.507. The van der Waals surface area contributed by atoms with Crippen molar-refractivity contribution in [1.29, 1.82) is 0 Å². The van der Waals surface area contributed by atoms with Crippen molar-refractivity contribution in [3.05, 3.63) is 107 Å². The van der Waals surface area contributed by atoms with Gasteiger partial charge in [0.25, 0.3) is 11.8 Å². The minimum atomic E-state index is -1.11. The van der Waals surface area contributed by atoms with Crippen molar-refractivity contribution >= 4 is 91.4 Å². The number of nitrogens with one attached hydrogen (secondary N) is 5. The van der Waals surface area contributed by atoms with Gasteiger partial charge >= 0.3 is 12.0 Å². The molecule has 7 aliphatic rings. The third-order valence-corrected chi connectivity index (χ3v) is 21.2. The van der Waals surface area contributed by atoms with Crippen LogP contribution < -0.4 is 37.2 Å². The smallest absolute Gasteiger partial charge is 0.355 e. The summed E-state index contributed by atoms with van der Waals surface area (Å²) in [5.74, 6) is -0.813. The number of urea groups is 1. The van der Waals surface area contributed by atoms with Crippen molar-refractivity contribution in [2.45, 2.75) is 142 Å². The van der Waals surface area contributed by atoms with Gasteiger partial charge in [0.2, 0.25) is 17.7 Å². The number of aromatic nitrogens is 6. The van der Waals surface area contributed by atoms with Crippen molar-refractivity contribution in [1.82, 2.24) is 50.8 Å². The van der Waals surface area contributed by atoms with Crippen LogP contribution in [0.15, 0.2) is 79.0 Å². The number of benzene rings is 2. The van der Waals surface area contributed by atoms with Crippen molar-refractivity contribution in [2.24, 2.45) is 28.9 Å². The van der Waals surface area contributed by atoms with Crippen molar-refractivity contribution in [3.8, 4) is 11.1 Å². The number of likely N-dealkylation sites (tertiary alicyclic amines) is 1. The van der Waals surface area contributed by atoms with E-state index < -0.39 is 53.6 Å². The number of hydrogen-bond donors (Lipinski definition) is 7. The monoisotopic (exact) mass is 1320 g/mol. The van der Waals surface area contributed by atoms with Gasteiger partial charge in [-0.2, -0.15) is 5.10 Å². The fourth-order valence-electron chi connectivity index (χ4n) is 16.0. The van der Waals surface area contributed by atoms with Crippen LogP contribution in [0.1, 0.15) is 124 Å². The molecule has 95 heavy (non-hydrogen) atoms. The Bertz CT molecular complexity index is 3850. The second-order valence-electron chi connectivity index (χ2n) is 27.4. The van der Waals surface area contributed by atoms with E-state index in [-0.39, 0.29) is 61.8 Å². The van der Waals surface area contributed by atoms with Crippen LogP contribution in [0.25, 0.3) is 21.3 Å². The highest BCUT2D eigenvalue weighted by molar-refractivity contribution is 7.22. The molecule has 0 spiro atoms. The van der Waals surface area contributed by atoms with E-state index in [1.165, 1.54) is 18.6 Å². The van der Waals surface area contributed by atoms with E-state index in [1.54, 1.807) is 31.4 Å². The first-order valence-corrected chi connectivity index (χ1v) is 34.2. The number of nitrogens with two attached hydrogens (primary N) is 1. The summed E-state index contributed by atoms with van der Waals surface area (Å²) in [5.41, 5.74) is 11.8. The van der Waals surface area contributed by atoms with Gasteiger partial charge in [-0.05, 0) is 138 Å². The number of carbonyl (C=O) groups is 7. The second kappa shape index (κ2) is 28.3. The Balaban J connectivity index is 0.654. The summed E-state index contributed by atoms with van der Waals surface area (Å²) in [7, 11) is 0. The van der Waals surface area contributed by atoms with E-state index in [9.17, 15) is 38.7 Å². The first kappa shape index (κ1) is 66.3. The topological polar surface area (TPSA) is 320 Å². The molecular formula is C69H86N15O10S+. The summed E-state index contributed by atoms with van der Waals surface area (Å²) in [5, 5.41) is 40.3. The normalized spacial score (nSPS) is 21.5. The molecule has 1 saturated heterocycles. The molecule has 25 nitrogen and oxygen atoms in total. The first-order chi connectivity index (χ1) is 45.7. The maximum Gasteiger partial charge on any atom is 0.355 e. The van der Waals surface area contributed by atoms with E-state index in [1.807, 2.05) is 79.4 Å². The molecule has 6 aromatic rings. The highest BCUT2D eigenvalue weighted by Crippen LogP contribution is 2.63. The van der Waals surface area contributed by atoms with E-state index in [0.717, 1.165) is 143 Å². The molecule has 7 heterocycles. The van der Waals surface area contributed by atoms with Crippen molar-refractivity contribution in [2.75, 3.05) is 74.6 Å². The van der Waals surface area contributed by atoms with Gasteiger partial charge in [-0.15, -0.1) is 10.2 Å². The van der Waals surface area contributed by atoms with Gasteiger partial charge in [0.05, 0.1) is 61.5 Å². The van der Waals surface area contributed by atoms with Gasteiger partial charge in [0.15, 0.2) is 22.5 Å². The Hall–Kier alpha value is -8.72. The summed E-state index contributed by atoms with van der Waals surface area (Å²) in [6, 6.07) is 16.9. The third kappa shape index (κ3) is 15.0. The number of aromatic carboxylic acids is 1. The average Bonchev–Trinajstić information content (AvgIpc) is 1.28. The number of hydrogen-bond acceptors (Lipinski definition) is 17. The molecule has 2 unspecified atom stereocenters. The molecule has 2 aromatic carbocycles. The number of rotatable bonds is 29. The highest BCUT2D eigenvalue weighted by atomic mass is 32.1. The van der Waals surface area contributed by atoms with Gasteiger partial charge in [0, 0.05) is 90.2 Å². The van der Waals surface area contributed by atoms with E-state index in [0.29, 0.717) is 60.1 Å². The average molecular weight is 1320 g/mol. The maximum absolute atomic E-state index is 14.0. The second-order valence-corrected chi connectivity index (χ2v) is 28.4. The molecule has 4 atom stereocenters. The van der Waals surface area contributed by atoms with Gasteiger partial charge in [0.1, 0.15) is 31.0 Å². The van der Waals surface area contributed by atoms with Gasteiger partial charge in [-0.1, -0.05) is 49.4 Å². The molecule has 4 bridgehead atoms. The zero-order valence-corrected chi connectivity index (χ0v) is 55.3. The maximum atomic E-state index is 14.0. The van der Waals surface area contributed by atoms with Crippen LogP contribution in [-0.4, -0.2) is 163 Å². The number of para-hydroxylation sites is 1. The van der Waals surface area contributed by atoms with Crippen LogP contribution in [0.3, 0.4) is 0 Å². The first-order valence-electron chi connectivity index (χ1n) is 33.4. The minimum Gasteiger partial charge on any atom is -0.476 e. The van der Waals surface area contributed by atoms with E-state index in [2.05, 4.69) is 36.4 Å². The third-order valence-electron chi connectivity index (χ3n) is 20.2. The molecule has 4 aliphatic carbocycles. The van der Waals surface area contributed by atoms with Crippen LogP contribution in [0.2, 0.25) is 0 Å². The largest absolute Gasteiger partial charge is 0.476 e. The van der Waals surface area contributed by atoms with Crippen LogP contribution in [0.4, 0.5) is 33.1 Å². The van der Waals surface area contributed by atoms with E-state index >= 15 is 0 Å². The number of anilines is 5. The van der Waals surface area contributed by atoms with Crippen molar-refractivity contribution in [3.63, 3.8) is 0 Å². The lowest BCUT2D eigenvalue weighted by Gasteiger charge is -2.61. The molecule has 7 amide bonds. The minimum absolute atomic E-state index is 0.00101. The number of primary amides is 1. The highest BCUT2D eigenvalue weighted by Gasteiger charge is 2.59. The van der Waals surface area contributed by atoms with Crippen LogP contribution in [0.5, 0.6) is 0 Å². The number of ether oxygens (including phenoxy) is 2. The zero-order valence-electron chi connectivity index (χ0n) is 54.5. The summed E-state index contributed by atoms with van der Waals surface area (Å²) < 4.78 is 16.9. The molecule has 502 valence electrons. The zero-order chi connectivity index (χ0) is 66.6. The number of nitrogens with zero attached hydrogens (tertiary/aromatic N) is 9. The van der Waals surface area contributed by atoms with Gasteiger partial charge in [-0.3, -0.25) is 33.6 Å². The summed E-state index contributed by atoms with van der Waals surface area (Å²) in [4.78, 5) is 102. The summed E-state index contributed by atoms with van der Waals surface area (Å²) in [6.45, 7) is 13.7. The molecule has 5 fully saturated rings. The lowest BCUT2D eigenvalue weighted by atomic mass is 9.48. The Morgan fingerprint density at radius 2 is 1.62 bits per heavy atom. The predicted octanol–water partition coefficient (Wildman–Crippen LogP) is 8.00. The Kier molecular flexibility index (Phi) is 19.8. The Morgan fingerprint density at radius 1 is 0.863 bits per heavy atom. The van der Waals surface area contributed by atoms with E-state index in [4.69, 9.17) is 35.4 Å². The molecule has 26 heteroatoms. The molecule has 3 aliphatic heterocycles. The lowest BCUT2D eigenvalue weighted by Crippen LogP contribution is -2.58. The summed E-state index contributed by atoms with van der Waals surface area (Å²) in [6.07, 6.45) is 15.0. The number of thiazole rings is 1. The van der Waals surface area contributed by atoms with Crippen LogP contribution in [-0.2, 0) is 53.0 Å². The summed E-state index contributed by atoms with van der Waals surface area (Å²) >= 11 is 1.56. The SMILES string of the molecule is Cc1c(Nc2nc3ccccc3s2)nnc2c1CCCN2c1ccc(-c2cnn(CC34CC5CC(C3)CC(OCC[N+]3(Cc6ccc(NC(=O)[C@H](CCCNC(N)=O)NC(=O)[C@@H](NC(=O)CCOCCN7C(=O)C=CC7=O)C(C)C)cc6)CCCC3)(C5)C4)c2C)c(C(=O)O)n1. The molecule has 0 radical (unpaired) electrons. The quantitative estimate of drug-likeness (QED) is 0.0133. The number of carbonyl (C=O) groups excluding carboxylic acids is 6. The molecular weight excluding hydrogens is 1230 g/mol. The van der Waals surface area contributed by atoms with Crippen LogP contribution in [0, 0.1) is 37.0 Å². The standard InChI is InChI=1S/C69H85N15O10S/c1-42(2)59(77-56(85)23-30-93-31-26-82-57(86)21-22-58(82)87)64(89)74-53(13-9-24-71-66(70)92)63(88)73-48-17-15-45(16-18-48)39-84(27-7-8-28-84)29-32-94-69-36-46-33-47(37-69)35-68(34-46,40-69)41-83-44(4)51(38-72-83)50-19-20-55(76-60(50)65(90)91)81-25-10-11-49-43(3)61(79-80-62(49)81)78-67-75-52-12-5-6-14-54(52)95-67/h5-6,12,14-22,38,42,46-47,53,59H,7-11,13,23-37,39-41H2,1-4H3,(H7-,70,71,73,74,75,77,78,79,85,88,89,90,91,92)/p+1/t46?,47?,53-,59-,68?,69?/m0/s1. The molecule has 4 saturated carbocycles. The Labute approximate surface area is 555 Å². The molecule has 4 aromatic heterocycles. The number of amides is 7. The number of pyridine rings is 1. The number of quaternary nitrogens is 1. The predicted molar refractivity (Wildman–Crippen MR) is 358 cm³/mol. The number of imide groups is 1.